The predicted octanol–water partition coefficient (Wildman–Crippen LogP) is 2.84. The maximum absolute atomic E-state index is 14.4. The van der Waals surface area contributed by atoms with Crippen LogP contribution >= 0.6 is 0 Å². The van der Waals surface area contributed by atoms with E-state index in [2.05, 4.69) is 0 Å². The highest BCUT2D eigenvalue weighted by atomic mass is 16.6. The molecule has 1 spiro atoms. The van der Waals surface area contributed by atoms with Crippen LogP contribution in [0, 0.1) is 25.7 Å². The fraction of sp³-hybridized carbons (Fsp3) is 0.552. The fourth-order valence-electron chi connectivity index (χ4n) is 6.32. The van der Waals surface area contributed by atoms with Gasteiger partial charge in [-0.3, -0.25) is 14.4 Å². The Hall–Kier alpha value is -2.97. The number of amides is 2. The first kappa shape index (κ1) is 25.7. The van der Waals surface area contributed by atoms with Crippen LogP contribution in [-0.4, -0.2) is 71.8 Å². The summed E-state index contributed by atoms with van der Waals surface area (Å²) in [5.41, 5.74) is 1.59. The van der Waals surface area contributed by atoms with Crippen molar-refractivity contribution in [2.24, 2.45) is 11.8 Å². The predicted molar refractivity (Wildman–Crippen MR) is 138 cm³/mol. The van der Waals surface area contributed by atoms with Gasteiger partial charge in [-0.25, -0.2) is 0 Å². The Bertz CT molecular complexity index is 1130. The molecular formula is C29H36N2O6. The van der Waals surface area contributed by atoms with Gasteiger partial charge in [-0.15, -0.1) is 0 Å². The lowest BCUT2D eigenvalue weighted by Gasteiger charge is -2.35. The third-order valence-corrected chi connectivity index (χ3v) is 8.08. The number of fused-ring (bicyclic) bond motifs is 2. The molecule has 2 fully saturated rings. The first-order chi connectivity index (χ1) is 17.9. The number of benzene rings is 1. The molecule has 2 amide bonds. The SMILES string of the molecule is Cc1ccc(C)c(N2CC=C[C@]34O[C@@H]5C=CCCOC(=O)[C@@H]5[C@H]3C(=O)N(CCCCCCO)C4C2=O)c1. The van der Waals surface area contributed by atoms with E-state index in [1.165, 1.54) is 0 Å². The molecule has 1 aromatic carbocycles. The summed E-state index contributed by atoms with van der Waals surface area (Å²) in [5.74, 6) is -2.49. The molecule has 4 heterocycles. The number of hydrogen-bond acceptors (Lipinski definition) is 6. The number of nitrogens with zero attached hydrogens (tertiary/aromatic N) is 2. The standard InChI is InChI=1S/C29H36N2O6/c1-19-11-12-20(2)21(18-19)30-15-9-13-29-24(23-22(37-29)10-5-8-17-36-28(23)35)26(33)31(25(29)27(30)34)14-6-3-4-7-16-32/h5,9-13,18,22-25,32H,3-4,6-8,14-17H2,1-2H3/t22-,23+,24+,25?,29+/m1/s1. The van der Waals surface area contributed by atoms with Crippen LogP contribution < -0.4 is 4.90 Å². The van der Waals surface area contributed by atoms with Crippen molar-refractivity contribution in [2.75, 3.05) is 31.2 Å². The minimum Gasteiger partial charge on any atom is -0.465 e. The van der Waals surface area contributed by atoms with Crippen LogP contribution in [-0.2, 0) is 23.9 Å². The first-order valence-electron chi connectivity index (χ1n) is 13.4. The highest BCUT2D eigenvalue weighted by molar-refractivity contribution is 6.05. The van der Waals surface area contributed by atoms with Crippen LogP contribution in [0.4, 0.5) is 5.69 Å². The Kier molecular flexibility index (Phi) is 7.23. The summed E-state index contributed by atoms with van der Waals surface area (Å²) in [6.07, 6.45) is 10.6. The zero-order chi connectivity index (χ0) is 26.2. The zero-order valence-corrected chi connectivity index (χ0v) is 21.6. The van der Waals surface area contributed by atoms with E-state index in [0.717, 1.165) is 29.7 Å². The number of unbranched alkanes of at least 4 members (excludes halogenated alkanes) is 3. The molecule has 1 unspecified atom stereocenters. The average molecular weight is 509 g/mol. The van der Waals surface area contributed by atoms with Crippen molar-refractivity contribution in [1.82, 2.24) is 4.90 Å². The van der Waals surface area contributed by atoms with Crippen LogP contribution in [0.25, 0.3) is 0 Å². The number of likely N-dealkylation sites (tertiary alicyclic amines) is 1. The number of aliphatic hydroxyl groups is 1. The van der Waals surface area contributed by atoms with Crippen LogP contribution in [0.5, 0.6) is 0 Å². The second-order valence-electron chi connectivity index (χ2n) is 10.5. The van der Waals surface area contributed by atoms with E-state index in [-0.39, 0.29) is 25.0 Å². The summed E-state index contributed by atoms with van der Waals surface area (Å²) in [7, 11) is 0. The minimum absolute atomic E-state index is 0.136. The van der Waals surface area contributed by atoms with Gasteiger partial charge in [-0.1, -0.05) is 49.3 Å². The largest absolute Gasteiger partial charge is 0.465 e. The van der Waals surface area contributed by atoms with Crippen molar-refractivity contribution < 1.29 is 29.0 Å². The number of aryl methyl sites for hydroxylation is 2. The lowest BCUT2D eigenvalue weighted by Crippen LogP contribution is -2.55. The molecule has 1 N–H and O–H groups in total. The molecule has 4 aliphatic rings. The van der Waals surface area contributed by atoms with Crippen molar-refractivity contribution in [3.8, 4) is 0 Å². The molecule has 37 heavy (non-hydrogen) atoms. The van der Waals surface area contributed by atoms with Gasteiger partial charge in [0.2, 0.25) is 5.91 Å². The van der Waals surface area contributed by atoms with E-state index in [0.29, 0.717) is 32.4 Å². The topological polar surface area (TPSA) is 96.4 Å². The Morgan fingerprint density at radius 1 is 1.05 bits per heavy atom. The number of carbonyl (C=O) groups excluding carboxylic acids is 3. The van der Waals surface area contributed by atoms with Crippen molar-refractivity contribution in [1.29, 1.82) is 0 Å². The van der Waals surface area contributed by atoms with Gasteiger partial charge in [0.25, 0.3) is 5.91 Å². The second kappa shape index (κ2) is 10.4. The Morgan fingerprint density at radius 2 is 1.86 bits per heavy atom. The van der Waals surface area contributed by atoms with E-state index < -0.39 is 35.6 Å². The van der Waals surface area contributed by atoms with Gasteiger partial charge in [0, 0.05) is 25.4 Å². The van der Waals surface area contributed by atoms with Gasteiger partial charge in [0.15, 0.2) is 0 Å². The summed E-state index contributed by atoms with van der Waals surface area (Å²) >= 11 is 0. The number of ether oxygens (including phenoxy) is 2. The summed E-state index contributed by atoms with van der Waals surface area (Å²) in [6.45, 7) is 5.11. The van der Waals surface area contributed by atoms with Gasteiger partial charge >= 0.3 is 5.97 Å². The maximum atomic E-state index is 14.4. The molecule has 0 aliphatic carbocycles. The number of esters is 1. The Morgan fingerprint density at radius 3 is 2.68 bits per heavy atom. The highest BCUT2D eigenvalue weighted by Crippen LogP contribution is 2.53. The summed E-state index contributed by atoms with van der Waals surface area (Å²) < 4.78 is 12.1. The first-order valence-corrected chi connectivity index (χ1v) is 13.4. The quantitative estimate of drug-likeness (QED) is 0.346. The van der Waals surface area contributed by atoms with Gasteiger partial charge in [-0.05, 0) is 50.3 Å². The zero-order valence-electron chi connectivity index (χ0n) is 21.6. The third-order valence-electron chi connectivity index (χ3n) is 8.08. The minimum atomic E-state index is -1.24. The number of rotatable bonds is 7. The van der Waals surface area contributed by atoms with Gasteiger partial charge in [-0.2, -0.15) is 0 Å². The van der Waals surface area contributed by atoms with E-state index >= 15 is 0 Å². The van der Waals surface area contributed by atoms with Crippen molar-refractivity contribution >= 4 is 23.5 Å². The smallest absolute Gasteiger partial charge is 0.312 e. The van der Waals surface area contributed by atoms with Crippen LogP contribution in [0.2, 0.25) is 0 Å². The Labute approximate surface area is 217 Å². The van der Waals surface area contributed by atoms with Crippen LogP contribution in [0.15, 0.2) is 42.5 Å². The van der Waals surface area contributed by atoms with Crippen molar-refractivity contribution in [3.05, 3.63) is 53.6 Å². The summed E-state index contributed by atoms with van der Waals surface area (Å²) in [6, 6.07) is 5.13. The molecule has 198 valence electrons. The normalized spacial score (nSPS) is 30.9. The molecule has 4 aliphatic heterocycles. The molecule has 0 aromatic heterocycles. The van der Waals surface area contributed by atoms with Gasteiger partial charge in [0.1, 0.15) is 17.6 Å². The van der Waals surface area contributed by atoms with E-state index in [1.807, 2.05) is 56.4 Å². The molecular weight excluding hydrogens is 472 g/mol. The number of carbonyl (C=O) groups is 3. The fourth-order valence-corrected chi connectivity index (χ4v) is 6.32. The van der Waals surface area contributed by atoms with E-state index in [9.17, 15) is 14.4 Å². The second-order valence-corrected chi connectivity index (χ2v) is 10.5. The summed E-state index contributed by atoms with van der Waals surface area (Å²) in [5, 5.41) is 9.12. The van der Waals surface area contributed by atoms with E-state index in [4.69, 9.17) is 14.6 Å². The summed E-state index contributed by atoms with van der Waals surface area (Å²) in [4.78, 5) is 45.0. The molecule has 5 rings (SSSR count). The number of cyclic esters (lactones) is 1. The molecule has 1 aromatic rings. The lowest BCUT2D eigenvalue weighted by molar-refractivity contribution is -0.154. The molecule has 2 saturated heterocycles. The average Bonchev–Trinajstić information content (AvgIpc) is 3.24. The molecule has 0 bridgehead atoms. The van der Waals surface area contributed by atoms with Gasteiger partial charge in [0.05, 0.1) is 18.6 Å². The molecule has 5 atom stereocenters. The molecule has 8 heteroatoms. The lowest BCUT2D eigenvalue weighted by atomic mass is 9.77. The van der Waals surface area contributed by atoms with Gasteiger partial charge < -0.3 is 24.4 Å². The van der Waals surface area contributed by atoms with Crippen LogP contribution in [0.1, 0.15) is 43.2 Å². The number of hydrogen-bond donors (Lipinski definition) is 1. The van der Waals surface area contributed by atoms with Crippen molar-refractivity contribution in [2.45, 2.75) is 63.7 Å². The maximum Gasteiger partial charge on any atom is 0.312 e. The van der Waals surface area contributed by atoms with Crippen molar-refractivity contribution in [3.63, 3.8) is 0 Å². The van der Waals surface area contributed by atoms with E-state index in [1.54, 1.807) is 9.80 Å². The third kappa shape index (κ3) is 4.40. The van der Waals surface area contributed by atoms with Crippen LogP contribution in [0.3, 0.4) is 0 Å². The monoisotopic (exact) mass is 508 g/mol. The number of aliphatic hydroxyl groups excluding tert-OH is 1. The molecule has 0 radical (unpaired) electrons. The highest BCUT2D eigenvalue weighted by Gasteiger charge is 2.71. The molecule has 8 nitrogen and oxygen atoms in total. The Balaban J connectivity index is 1.55. The number of anilines is 1. The molecule has 0 saturated carbocycles.